The van der Waals surface area contributed by atoms with Crippen molar-refractivity contribution in [3.63, 3.8) is 0 Å². The molecule has 1 atom stereocenters. The lowest BCUT2D eigenvalue weighted by atomic mass is 10.0. The fourth-order valence-corrected chi connectivity index (χ4v) is 3.13. The van der Waals surface area contributed by atoms with E-state index in [1.165, 1.54) is 12.7 Å². The zero-order valence-electron chi connectivity index (χ0n) is 17.6. The van der Waals surface area contributed by atoms with Crippen LogP contribution in [0.3, 0.4) is 0 Å². The van der Waals surface area contributed by atoms with E-state index < -0.39 is 23.6 Å². The quantitative estimate of drug-likeness (QED) is 0.717. The van der Waals surface area contributed by atoms with Crippen LogP contribution in [0.4, 0.5) is 4.79 Å². The van der Waals surface area contributed by atoms with Crippen molar-refractivity contribution in [1.82, 2.24) is 4.90 Å². The summed E-state index contributed by atoms with van der Waals surface area (Å²) in [6.07, 6.45) is 1.31. The normalized spacial score (nSPS) is 14.6. The van der Waals surface area contributed by atoms with Crippen LogP contribution in [0.2, 0.25) is 0 Å². The third-order valence-corrected chi connectivity index (χ3v) is 4.54. The predicted octanol–water partition coefficient (Wildman–Crippen LogP) is 3.80. The molecule has 0 saturated heterocycles. The van der Waals surface area contributed by atoms with Gasteiger partial charge >= 0.3 is 18.1 Å². The lowest BCUT2D eigenvalue weighted by molar-refractivity contribution is -0.143. The fraction of sp³-hybridized carbons (Fsp3) is 0.545. The van der Waals surface area contributed by atoms with Crippen LogP contribution in [0.1, 0.15) is 51.2 Å². The van der Waals surface area contributed by atoms with E-state index in [0.29, 0.717) is 13.1 Å². The van der Waals surface area contributed by atoms with Crippen molar-refractivity contribution in [2.75, 3.05) is 13.7 Å². The molecule has 1 unspecified atom stereocenters. The molecule has 1 aliphatic heterocycles. The third-order valence-electron chi connectivity index (χ3n) is 4.54. The topological polar surface area (TPSA) is 77.3 Å². The highest BCUT2D eigenvalue weighted by molar-refractivity contribution is 5.83. The third kappa shape index (κ3) is 7.22. The van der Waals surface area contributed by atoms with Crippen molar-refractivity contribution < 1.29 is 23.9 Å². The molecule has 2 amide bonds. The van der Waals surface area contributed by atoms with E-state index in [-0.39, 0.29) is 18.7 Å². The molecule has 2 rings (SSSR count). The Kier molecular flexibility index (Phi) is 7.77. The average Bonchev–Trinajstić information content (AvgIpc) is 2.88. The molecule has 0 saturated carbocycles. The summed E-state index contributed by atoms with van der Waals surface area (Å²) in [6, 6.07) is 10.6. The molecule has 1 aromatic carbocycles. The lowest BCUT2D eigenvalue weighted by Gasteiger charge is -2.21. The number of ether oxygens (including phenoxy) is 2. The number of benzene rings is 1. The van der Waals surface area contributed by atoms with Crippen molar-refractivity contribution >= 4 is 18.0 Å². The maximum Gasteiger partial charge on any atom is 0.728 e. The molecule has 0 bridgehead atoms. The summed E-state index contributed by atoms with van der Waals surface area (Å²) in [4.78, 5) is 41.8. The van der Waals surface area contributed by atoms with Gasteiger partial charge in [-0.05, 0) is 51.2 Å². The molecule has 0 N–H and O–H groups in total. The van der Waals surface area contributed by atoms with Crippen molar-refractivity contribution in [1.29, 1.82) is 0 Å². The standard InChI is InChI=1S/C22H29N2O5/c1-22(2,3)29-21(27)23-14-17(20(26)28-4)11-12-19(25)24-13-7-10-16-8-5-6-9-18(16)15-24/h5-6,8-9,17H,7,10-13,15H2,1-4H3/q+1. The number of esters is 1. The number of rotatable bonds is 4. The van der Waals surface area contributed by atoms with Crippen LogP contribution in [0.5, 0.6) is 0 Å². The molecule has 7 nitrogen and oxygen atoms in total. The van der Waals surface area contributed by atoms with Crippen molar-refractivity contribution in [2.24, 2.45) is 5.92 Å². The zero-order chi connectivity index (χ0) is 21.4. The second kappa shape index (κ2) is 10.1. The number of aryl methyl sites for hydroxylation is 1. The van der Waals surface area contributed by atoms with Gasteiger partial charge in [0.25, 0.3) is 0 Å². The van der Waals surface area contributed by atoms with E-state index >= 15 is 0 Å². The van der Waals surface area contributed by atoms with Gasteiger partial charge in [-0.3, -0.25) is 9.59 Å². The molecule has 0 fully saturated rings. The molecule has 0 aromatic heterocycles. The maximum absolute atomic E-state index is 12.7. The van der Waals surface area contributed by atoms with Crippen LogP contribution >= 0.6 is 0 Å². The van der Waals surface area contributed by atoms with E-state index in [1.807, 2.05) is 23.1 Å². The van der Waals surface area contributed by atoms with Crippen molar-refractivity contribution in [3.8, 4) is 6.07 Å². The first-order valence-electron chi connectivity index (χ1n) is 9.81. The van der Waals surface area contributed by atoms with Crippen LogP contribution < -0.4 is 0 Å². The van der Waals surface area contributed by atoms with Gasteiger partial charge < -0.3 is 14.4 Å². The molecular weight excluding hydrogens is 372 g/mol. The molecule has 0 spiro atoms. The van der Waals surface area contributed by atoms with Crippen molar-refractivity contribution in [2.45, 2.75) is 58.6 Å². The second-order valence-corrected chi connectivity index (χ2v) is 8.02. The first-order chi connectivity index (χ1) is 13.7. The Balaban J connectivity index is 1.99. The van der Waals surface area contributed by atoms with E-state index in [9.17, 15) is 14.4 Å². The highest BCUT2D eigenvalue weighted by atomic mass is 16.6. The first kappa shape index (κ1) is 22.4. The summed E-state index contributed by atoms with van der Waals surface area (Å²) < 4.78 is 9.83. The van der Waals surface area contributed by atoms with Gasteiger partial charge in [-0.1, -0.05) is 24.3 Å². The Morgan fingerprint density at radius 1 is 1.21 bits per heavy atom. The van der Waals surface area contributed by atoms with Gasteiger partial charge in [-0.2, -0.15) is 4.79 Å². The average molecular weight is 401 g/mol. The Morgan fingerprint density at radius 2 is 1.90 bits per heavy atom. The number of carbonyl (C=O) groups is 3. The summed E-state index contributed by atoms with van der Waals surface area (Å²) >= 11 is 0. The molecule has 1 aliphatic rings. The van der Waals surface area contributed by atoms with Crippen LogP contribution in [0, 0.1) is 12.0 Å². The fourth-order valence-electron chi connectivity index (χ4n) is 3.13. The Morgan fingerprint density at radius 3 is 2.55 bits per heavy atom. The highest BCUT2D eigenvalue weighted by Crippen LogP contribution is 2.20. The number of carbonyl (C=O) groups excluding carboxylic acids is 3. The number of amides is 2. The van der Waals surface area contributed by atoms with E-state index in [0.717, 1.165) is 18.4 Å². The molecule has 0 aliphatic carbocycles. The number of nitrogens with zero attached hydrogens (tertiary/aromatic N) is 2. The van der Waals surface area contributed by atoms with Gasteiger partial charge in [0.2, 0.25) is 5.91 Å². The van der Waals surface area contributed by atoms with Gasteiger partial charge in [0.05, 0.1) is 12.0 Å². The predicted molar refractivity (Wildman–Crippen MR) is 108 cm³/mol. The SMILES string of the molecule is COC(=O)C(C#[N+]C(=O)OC(C)(C)C)CCC(=O)N1CCCc2ccccc2C1. The molecule has 29 heavy (non-hydrogen) atoms. The molecule has 7 heteroatoms. The summed E-state index contributed by atoms with van der Waals surface area (Å²) in [6.45, 7) is 6.39. The van der Waals surface area contributed by atoms with Gasteiger partial charge in [-0.25, -0.2) is 0 Å². The highest BCUT2D eigenvalue weighted by Gasteiger charge is 2.29. The van der Waals surface area contributed by atoms with Crippen LogP contribution in [0.15, 0.2) is 24.3 Å². The maximum atomic E-state index is 12.7. The Bertz CT molecular complexity index is 816. The van der Waals surface area contributed by atoms with Gasteiger partial charge in [-0.15, -0.1) is 0 Å². The number of fused-ring (bicyclic) bond motifs is 1. The van der Waals surface area contributed by atoms with Gasteiger partial charge in [0.15, 0.2) is 5.92 Å². The molecule has 1 aromatic rings. The number of hydrogen-bond donors (Lipinski definition) is 0. The van der Waals surface area contributed by atoms with Crippen molar-refractivity contribution in [3.05, 3.63) is 40.2 Å². The summed E-state index contributed by atoms with van der Waals surface area (Å²) in [5, 5.41) is 0. The Hall–Kier alpha value is -2.88. The summed E-state index contributed by atoms with van der Waals surface area (Å²) in [5.41, 5.74) is 1.73. The summed E-state index contributed by atoms with van der Waals surface area (Å²) in [7, 11) is 1.25. The minimum atomic E-state index is -0.907. The van der Waals surface area contributed by atoms with Gasteiger partial charge in [0, 0.05) is 19.5 Å². The summed E-state index contributed by atoms with van der Waals surface area (Å²) in [5.74, 6) is -1.54. The molecular formula is C22H29N2O5+. The largest absolute Gasteiger partial charge is 0.728 e. The smallest absolute Gasteiger partial charge is 0.468 e. The molecule has 156 valence electrons. The second-order valence-electron chi connectivity index (χ2n) is 8.02. The lowest BCUT2D eigenvalue weighted by Crippen LogP contribution is -2.31. The van der Waals surface area contributed by atoms with Crippen LogP contribution in [-0.2, 0) is 32.0 Å². The van der Waals surface area contributed by atoms with E-state index in [2.05, 4.69) is 17.0 Å². The monoisotopic (exact) mass is 401 g/mol. The zero-order valence-corrected chi connectivity index (χ0v) is 17.6. The minimum Gasteiger partial charge on any atom is -0.468 e. The number of methoxy groups -OCH3 is 1. The van der Waals surface area contributed by atoms with Crippen LogP contribution in [0.25, 0.3) is 4.85 Å². The van der Waals surface area contributed by atoms with E-state index in [4.69, 9.17) is 9.47 Å². The van der Waals surface area contributed by atoms with Crippen LogP contribution in [-0.4, -0.2) is 42.1 Å². The number of hydrogen-bond acceptors (Lipinski definition) is 5. The molecule has 0 radical (unpaired) electrons. The van der Waals surface area contributed by atoms with E-state index in [1.54, 1.807) is 20.8 Å². The van der Waals surface area contributed by atoms with Gasteiger partial charge in [0.1, 0.15) is 5.60 Å². The first-order valence-corrected chi connectivity index (χ1v) is 9.81. The minimum absolute atomic E-state index is 0.0466. The Labute approximate surface area is 171 Å². The molecule has 1 heterocycles.